The maximum Gasteiger partial charge on any atom is 0.0672 e. The molecule has 0 N–H and O–H groups in total. The van der Waals surface area contributed by atoms with Crippen LogP contribution in [0.4, 0.5) is 0 Å². The Labute approximate surface area is 125 Å². The van der Waals surface area contributed by atoms with Crippen LogP contribution in [0.5, 0.6) is 0 Å². The van der Waals surface area contributed by atoms with Crippen molar-refractivity contribution in [2.75, 3.05) is 13.1 Å². The monoisotopic (exact) mass is 276 g/mol. The van der Waals surface area contributed by atoms with Crippen LogP contribution in [0.3, 0.4) is 0 Å². The molecule has 2 heteroatoms. The molecule has 1 saturated carbocycles. The van der Waals surface area contributed by atoms with Crippen molar-refractivity contribution in [1.29, 1.82) is 5.26 Å². The van der Waals surface area contributed by atoms with Gasteiger partial charge < -0.3 is 0 Å². The van der Waals surface area contributed by atoms with Gasteiger partial charge in [-0.15, -0.1) is 0 Å². The molecule has 0 spiro atoms. The lowest BCUT2D eigenvalue weighted by molar-refractivity contribution is 0.104. The van der Waals surface area contributed by atoms with Crippen molar-refractivity contribution in [3.63, 3.8) is 0 Å². The van der Waals surface area contributed by atoms with Crippen LogP contribution in [0.25, 0.3) is 0 Å². The first-order chi connectivity index (χ1) is 9.41. The van der Waals surface area contributed by atoms with Gasteiger partial charge in [-0.1, -0.05) is 27.7 Å². The van der Waals surface area contributed by atoms with E-state index in [0.29, 0.717) is 11.5 Å². The summed E-state index contributed by atoms with van der Waals surface area (Å²) < 4.78 is 0. The molecule has 1 heterocycles. The molecule has 2 rings (SSSR count). The first-order valence-corrected chi connectivity index (χ1v) is 8.55. The van der Waals surface area contributed by atoms with Crippen LogP contribution < -0.4 is 0 Å². The molecule has 0 aromatic carbocycles. The molecule has 0 amide bonds. The Bertz CT molecular complexity index is 349. The maximum atomic E-state index is 9.45. The molecule has 2 nitrogen and oxygen atoms in total. The zero-order chi connectivity index (χ0) is 14.8. The van der Waals surface area contributed by atoms with Gasteiger partial charge in [0.1, 0.15) is 0 Å². The molecule has 2 aliphatic rings. The first kappa shape index (κ1) is 15.8. The molecule has 1 aliphatic heterocycles. The summed E-state index contributed by atoms with van der Waals surface area (Å²) in [6.45, 7) is 11.9. The van der Waals surface area contributed by atoms with Crippen molar-refractivity contribution in [2.24, 2.45) is 23.2 Å². The second kappa shape index (κ2) is 6.48. The zero-order valence-electron chi connectivity index (χ0n) is 13.9. The highest BCUT2D eigenvalue weighted by Gasteiger charge is 2.35. The van der Waals surface area contributed by atoms with Crippen LogP contribution in [0, 0.1) is 34.5 Å². The number of hydrogen-bond acceptors (Lipinski definition) is 2. The summed E-state index contributed by atoms with van der Waals surface area (Å²) >= 11 is 0. The average molecular weight is 276 g/mol. The molecule has 0 aromatic heterocycles. The van der Waals surface area contributed by atoms with E-state index in [4.69, 9.17) is 0 Å². The van der Waals surface area contributed by atoms with Gasteiger partial charge >= 0.3 is 0 Å². The predicted molar refractivity (Wildman–Crippen MR) is 84.3 cm³/mol. The van der Waals surface area contributed by atoms with Crippen LogP contribution in [-0.2, 0) is 0 Å². The van der Waals surface area contributed by atoms with E-state index >= 15 is 0 Å². The van der Waals surface area contributed by atoms with E-state index in [2.05, 4.69) is 38.7 Å². The summed E-state index contributed by atoms with van der Waals surface area (Å²) in [6, 6.07) is 3.12. The normalized spacial score (nSPS) is 37.1. The lowest BCUT2D eigenvalue weighted by Gasteiger charge is -2.39. The Kier molecular flexibility index (Phi) is 5.13. The summed E-state index contributed by atoms with van der Waals surface area (Å²) in [4.78, 5) is 2.66. The van der Waals surface area contributed by atoms with Gasteiger partial charge in [0, 0.05) is 6.04 Å². The van der Waals surface area contributed by atoms with Gasteiger partial charge in [0.25, 0.3) is 0 Å². The van der Waals surface area contributed by atoms with Crippen molar-refractivity contribution < 1.29 is 0 Å². The smallest absolute Gasteiger partial charge is 0.0672 e. The van der Waals surface area contributed by atoms with Crippen molar-refractivity contribution >= 4 is 0 Å². The molecule has 1 saturated heterocycles. The third kappa shape index (κ3) is 3.76. The van der Waals surface area contributed by atoms with Crippen molar-refractivity contribution in [3.05, 3.63) is 0 Å². The number of hydrogen-bond donors (Lipinski definition) is 0. The summed E-state index contributed by atoms with van der Waals surface area (Å²) in [5, 5.41) is 9.45. The minimum atomic E-state index is 0.275. The van der Waals surface area contributed by atoms with E-state index in [1.165, 1.54) is 45.2 Å². The molecular formula is C18H32N2. The second-order valence-electron chi connectivity index (χ2n) is 8.25. The van der Waals surface area contributed by atoms with Crippen LogP contribution >= 0.6 is 0 Å². The van der Waals surface area contributed by atoms with Crippen LogP contribution in [0.2, 0.25) is 0 Å². The molecule has 20 heavy (non-hydrogen) atoms. The fourth-order valence-corrected chi connectivity index (χ4v) is 4.22. The van der Waals surface area contributed by atoms with Crippen molar-refractivity contribution in [2.45, 2.75) is 72.3 Å². The summed E-state index contributed by atoms with van der Waals surface area (Å²) in [5.41, 5.74) is 0.435. The standard InChI is InChI=1S/C18H32N2/c1-14-7-8-15(13-19)17(12-14)20-10-5-6-16(9-11-20)18(2,3)4/h14-17H,5-12H2,1-4H3. The Balaban J connectivity index is 2.00. The van der Waals surface area contributed by atoms with Gasteiger partial charge in [0.15, 0.2) is 0 Å². The molecular weight excluding hydrogens is 244 g/mol. The van der Waals surface area contributed by atoms with E-state index < -0.39 is 0 Å². The Hall–Kier alpha value is -0.550. The lowest BCUT2D eigenvalue weighted by Crippen LogP contribution is -2.44. The molecule has 0 bridgehead atoms. The summed E-state index contributed by atoms with van der Waals surface area (Å²) in [7, 11) is 0. The van der Waals surface area contributed by atoms with Crippen LogP contribution in [0.1, 0.15) is 66.2 Å². The van der Waals surface area contributed by atoms with E-state index in [-0.39, 0.29) is 5.92 Å². The van der Waals surface area contributed by atoms with Crippen LogP contribution in [-0.4, -0.2) is 24.0 Å². The lowest BCUT2D eigenvalue weighted by atomic mass is 9.76. The predicted octanol–water partition coefficient (Wildman–Crippen LogP) is 4.46. The third-order valence-corrected chi connectivity index (χ3v) is 5.70. The van der Waals surface area contributed by atoms with E-state index in [1.807, 2.05) is 0 Å². The topological polar surface area (TPSA) is 27.0 Å². The quantitative estimate of drug-likeness (QED) is 0.707. The van der Waals surface area contributed by atoms with Crippen LogP contribution in [0.15, 0.2) is 0 Å². The molecule has 0 aromatic rings. The molecule has 0 radical (unpaired) electrons. The number of nitrogens with zero attached hydrogens (tertiary/aromatic N) is 2. The zero-order valence-corrected chi connectivity index (χ0v) is 13.9. The molecule has 2 fully saturated rings. The van der Waals surface area contributed by atoms with E-state index in [1.54, 1.807) is 0 Å². The highest BCUT2D eigenvalue weighted by Crippen LogP contribution is 2.37. The molecule has 114 valence electrons. The SMILES string of the molecule is CC1CCC(C#N)C(N2CCCC(C(C)(C)C)CC2)C1. The first-order valence-electron chi connectivity index (χ1n) is 8.55. The minimum absolute atomic E-state index is 0.275. The van der Waals surface area contributed by atoms with E-state index in [0.717, 1.165) is 18.3 Å². The minimum Gasteiger partial charge on any atom is -0.299 e. The fraction of sp³-hybridized carbons (Fsp3) is 0.944. The number of likely N-dealkylation sites (tertiary alicyclic amines) is 1. The highest BCUT2D eigenvalue weighted by atomic mass is 15.2. The average Bonchev–Trinajstić information content (AvgIpc) is 2.63. The molecule has 1 aliphatic carbocycles. The maximum absolute atomic E-state index is 9.45. The van der Waals surface area contributed by atoms with Gasteiger partial charge in [-0.05, 0) is 68.9 Å². The second-order valence-corrected chi connectivity index (χ2v) is 8.25. The van der Waals surface area contributed by atoms with Gasteiger partial charge in [-0.3, -0.25) is 4.90 Å². The number of rotatable bonds is 1. The van der Waals surface area contributed by atoms with E-state index in [9.17, 15) is 5.26 Å². The Morgan fingerprint density at radius 1 is 1.05 bits per heavy atom. The largest absolute Gasteiger partial charge is 0.299 e. The van der Waals surface area contributed by atoms with Crippen molar-refractivity contribution in [1.82, 2.24) is 4.90 Å². The van der Waals surface area contributed by atoms with Gasteiger partial charge in [-0.2, -0.15) is 5.26 Å². The molecule has 4 atom stereocenters. The summed E-state index contributed by atoms with van der Waals surface area (Å²) in [5.74, 6) is 1.91. The highest BCUT2D eigenvalue weighted by molar-refractivity contribution is 4.97. The third-order valence-electron chi connectivity index (χ3n) is 5.70. The van der Waals surface area contributed by atoms with Gasteiger partial charge in [-0.25, -0.2) is 0 Å². The van der Waals surface area contributed by atoms with Gasteiger partial charge in [0.05, 0.1) is 12.0 Å². The Morgan fingerprint density at radius 2 is 1.80 bits per heavy atom. The molecule has 4 unspecified atom stereocenters. The fourth-order valence-electron chi connectivity index (χ4n) is 4.22. The Morgan fingerprint density at radius 3 is 2.45 bits per heavy atom. The van der Waals surface area contributed by atoms with Gasteiger partial charge in [0.2, 0.25) is 0 Å². The number of nitriles is 1. The van der Waals surface area contributed by atoms with Crippen molar-refractivity contribution in [3.8, 4) is 6.07 Å². The summed E-state index contributed by atoms with van der Waals surface area (Å²) in [6.07, 6.45) is 7.57.